The molecule has 0 heterocycles. The molecule has 4 heteroatoms. The maximum absolute atomic E-state index is 8.36. The van der Waals surface area contributed by atoms with E-state index in [9.17, 15) is 0 Å². The van der Waals surface area contributed by atoms with Crippen molar-refractivity contribution in [1.82, 2.24) is 0 Å². The Morgan fingerprint density at radius 2 is 1.71 bits per heavy atom. The van der Waals surface area contributed by atoms with E-state index in [0.29, 0.717) is 0 Å². The van der Waals surface area contributed by atoms with Gasteiger partial charge in [-0.3, -0.25) is 0 Å². The molecular formula is C3H10InNO2. The van der Waals surface area contributed by atoms with Gasteiger partial charge in [0, 0.05) is 0 Å². The van der Waals surface area contributed by atoms with Crippen molar-refractivity contribution in [1.29, 1.82) is 0 Å². The minimum atomic E-state index is -0.596. The summed E-state index contributed by atoms with van der Waals surface area (Å²) in [5.41, 5.74) is 5.31. The molecule has 3 nitrogen and oxygen atoms in total. The van der Waals surface area contributed by atoms with E-state index in [1.54, 1.807) is 0 Å². The number of hydrogen-bond acceptors (Lipinski definition) is 3. The van der Waals surface area contributed by atoms with Crippen molar-refractivity contribution in [3.05, 3.63) is 0 Å². The summed E-state index contributed by atoms with van der Waals surface area (Å²) in [6.07, 6.45) is 0. The van der Waals surface area contributed by atoms with Crippen molar-refractivity contribution in [2.24, 2.45) is 5.73 Å². The van der Waals surface area contributed by atoms with E-state index in [2.05, 4.69) is 0 Å². The molecule has 0 fully saturated rings. The third-order valence-corrected chi connectivity index (χ3v) is 2.53. The molecule has 0 aliphatic carbocycles. The first-order valence-corrected chi connectivity index (χ1v) is 4.98. The predicted molar refractivity (Wildman–Crippen MR) is 29.6 cm³/mol. The third kappa shape index (κ3) is 3.34. The van der Waals surface area contributed by atoms with Crippen LogP contribution >= 0.6 is 0 Å². The standard InChI is InChI=1S/C3H8NO2.In.2H/c4-3(1-5)2-6;;;/h5-6H,1-2,4H2;;;. The van der Waals surface area contributed by atoms with Crippen LogP contribution in [0, 0.1) is 0 Å². The summed E-state index contributed by atoms with van der Waals surface area (Å²) in [6, 6.07) is 0. The van der Waals surface area contributed by atoms with Crippen LogP contribution in [0.2, 0.25) is 0 Å². The third-order valence-electron chi connectivity index (χ3n) is 0.722. The van der Waals surface area contributed by atoms with Gasteiger partial charge in [0.25, 0.3) is 0 Å². The molecule has 0 aromatic rings. The fourth-order valence-corrected chi connectivity index (χ4v) is 0.0500. The van der Waals surface area contributed by atoms with E-state index >= 15 is 0 Å². The van der Waals surface area contributed by atoms with Crippen molar-refractivity contribution in [2.45, 2.75) is 3.30 Å². The van der Waals surface area contributed by atoms with Gasteiger partial charge < -0.3 is 0 Å². The molecule has 0 unspecified atom stereocenters. The van der Waals surface area contributed by atoms with Crippen molar-refractivity contribution in [3.63, 3.8) is 0 Å². The van der Waals surface area contributed by atoms with E-state index in [4.69, 9.17) is 15.9 Å². The van der Waals surface area contributed by atoms with Gasteiger partial charge in [-0.05, 0) is 0 Å². The summed E-state index contributed by atoms with van der Waals surface area (Å²) >= 11 is 0.141. The van der Waals surface area contributed by atoms with Crippen molar-refractivity contribution >= 4 is 24.4 Å². The zero-order valence-corrected chi connectivity index (χ0v) is 10.1. The first-order chi connectivity index (χ1) is 3.12. The van der Waals surface area contributed by atoms with Gasteiger partial charge in [-0.15, -0.1) is 0 Å². The van der Waals surface area contributed by atoms with Crippen LogP contribution in [0.1, 0.15) is 0 Å². The molecule has 0 aliphatic heterocycles. The molecule has 0 aromatic carbocycles. The van der Waals surface area contributed by atoms with Crippen LogP contribution in [-0.4, -0.2) is 51.1 Å². The number of rotatable bonds is 2. The molecule has 0 bridgehead atoms. The summed E-state index contributed by atoms with van der Waals surface area (Å²) < 4.78 is -0.596. The Hall–Kier alpha value is 0.750. The van der Waals surface area contributed by atoms with E-state index in [1.807, 2.05) is 0 Å². The number of aliphatic hydroxyl groups excluding tert-OH is 2. The van der Waals surface area contributed by atoms with Gasteiger partial charge in [0.2, 0.25) is 0 Å². The zero-order valence-electron chi connectivity index (χ0n) is 4.39. The Bertz CT molecular complexity index is 50.9. The second kappa shape index (κ2) is 2.91. The first kappa shape index (κ1) is 7.75. The average molecular weight is 207 g/mol. The molecule has 0 rings (SSSR count). The van der Waals surface area contributed by atoms with Crippen molar-refractivity contribution in [2.75, 3.05) is 13.2 Å². The maximum atomic E-state index is 8.36. The van der Waals surface area contributed by atoms with Crippen molar-refractivity contribution < 1.29 is 10.2 Å². The molecule has 0 saturated heterocycles. The molecule has 0 saturated carbocycles. The van der Waals surface area contributed by atoms with Gasteiger partial charge in [-0.1, -0.05) is 0 Å². The summed E-state index contributed by atoms with van der Waals surface area (Å²) in [5, 5.41) is 16.7. The molecule has 7 heavy (non-hydrogen) atoms. The number of hydrogen-bond donors (Lipinski definition) is 3. The molecule has 0 aromatic heterocycles. The average Bonchev–Trinajstić information content (AvgIpc) is 1.68. The summed E-state index contributed by atoms with van der Waals surface area (Å²) in [6.45, 7) is -0.167. The van der Waals surface area contributed by atoms with Crippen LogP contribution in [0.25, 0.3) is 0 Å². The van der Waals surface area contributed by atoms with E-state index in [-0.39, 0.29) is 37.6 Å². The molecule has 42 valence electrons. The molecule has 0 spiro atoms. The monoisotopic (exact) mass is 207 g/mol. The Kier molecular flexibility index (Phi) is 3.23. The quantitative estimate of drug-likeness (QED) is 0.460. The summed E-state index contributed by atoms with van der Waals surface area (Å²) in [5.74, 6) is 0. The normalized spacial score (nSPS) is 11.9. The van der Waals surface area contributed by atoms with Gasteiger partial charge in [0.1, 0.15) is 0 Å². The molecule has 4 N–H and O–H groups in total. The summed E-state index contributed by atoms with van der Waals surface area (Å²) in [7, 11) is 0. The van der Waals surface area contributed by atoms with Crippen LogP contribution in [-0.2, 0) is 0 Å². The van der Waals surface area contributed by atoms with Crippen LogP contribution in [0.5, 0.6) is 0 Å². The first-order valence-electron chi connectivity index (χ1n) is 2.13. The van der Waals surface area contributed by atoms with E-state index in [0.717, 1.165) is 0 Å². The Morgan fingerprint density at radius 3 is 1.71 bits per heavy atom. The Labute approximate surface area is 57.1 Å². The van der Waals surface area contributed by atoms with Gasteiger partial charge in [-0.25, -0.2) is 0 Å². The second-order valence-electron chi connectivity index (χ2n) is 1.97. The van der Waals surface area contributed by atoms with Crippen molar-refractivity contribution in [3.8, 4) is 0 Å². The van der Waals surface area contributed by atoms with Crippen LogP contribution in [0.3, 0.4) is 0 Å². The predicted octanol–water partition coefficient (Wildman–Crippen LogP) is -2.74. The molecule has 0 radical (unpaired) electrons. The fourth-order valence-electron chi connectivity index (χ4n) is 0.0500. The van der Waals surface area contributed by atoms with Gasteiger partial charge in [0.15, 0.2) is 0 Å². The van der Waals surface area contributed by atoms with E-state index in [1.165, 1.54) is 0 Å². The molecule has 0 aliphatic rings. The Morgan fingerprint density at radius 1 is 1.43 bits per heavy atom. The van der Waals surface area contributed by atoms with Crippen LogP contribution < -0.4 is 5.73 Å². The van der Waals surface area contributed by atoms with Gasteiger partial charge in [0.05, 0.1) is 0 Å². The molecule has 0 atom stereocenters. The summed E-state index contributed by atoms with van der Waals surface area (Å²) in [4.78, 5) is 0. The van der Waals surface area contributed by atoms with Gasteiger partial charge >= 0.3 is 56.8 Å². The molecule has 0 amide bonds. The minimum absolute atomic E-state index is 0.0837. The van der Waals surface area contributed by atoms with Gasteiger partial charge in [-0.2, -0.15) is 0 Å². The SMILES string of the molecule is N[C]([InH2])(CO)CO. The topological polar surface area (TPSA) is 66.5 Å². The Balaban J connectivity index is 3.36. The zero-order chi connectivity index (χ0) is 5.91. The molecular weight excluding hydrogens is 197 g/mol. The number of nitrogens with two attached hydrogens (primary N) is 1. The second-order valence-corrected chi connectivity index (χ2v) is 7.65. The van der Waals surface area contributed by atoms with E-state index < -0.39 is 3.30 Å². The van der Waals surface area contributed by atoms with Crippen LogP contribution in [0.15, 0.2) is 0 Å². The van der Waals surface area contributed by atoms with Crippen LogP contribution in [0.4, 0.5) is 0 Å². The fraction of sp³-hybridized carbons (Fsp3) is 1.00. The number of aliphatic hydroxyl groups is 2.